The van der Waals surface area contributed by atoms with Gasteiger partial charge in [0, 0.05) is 36.9 Å². The van der Waals surface area contributed by atoms with Gasteiger partial charge < -0.3 is 9.80 Å². The molecule has 5 heteroatoms. The van der Waals surface area contributed by atoms with Gasteiger partial charge in [-0.3, -0.25) is 4.79 Å². The van der Waals surface area contributed by atoms with Crippen LogP contribution >= 0.6 is 11.6 Å². The van der Waals surface area contributed by atoms with Crippen molar-refractivity contribution in [1.82, 2.24) is 4.90 Å². The number of amides is 1. The summed E-state index contributed by atoms with van der Waals surface area (Å²) in [5.41, 5.74) is 2.01. The lowest BCUT2D eigenvalue weighted by atomic mass is 9.87. The predicted octanol–water partition coefficient (Wildman–Crippen LogP) is 4.57. The molecule has 2 aromatic carbocycles. The van der Waals surface area contributed by atoms with Gasteiger partial charge in [-0.2, -0.15) is 0 Å². The normalized spacial score (nSPS) is 16.0. The molecular weight excluding hydrogens is 351 g/mol. The van der Waals surface area contributed by atoms with E-state index in [1.165, 1.54) is 12.1 Å². The summed E-state index contributed by atoms with van der Waals surface area (Å²) < 4.78 is 13.1. The summed E-state index contributed by atoms with van der Waals surface area (Å²) >= 11 is 5.98. The molecule has 1 saturated heterocycles. The fourth-order valence-electron chi connectivity index (χ4n) is 3.52. The topological polar surface area (TPSA) is 23.6 Å². The van der Waals surface area contributed by atoms with Gasteiger partial charge in [0.25, 0.3) is 0 Å². The van der Waals surface area contributed by atoms with Crippen molar-refractivity contribution >= 4 is 23.2 Å². The van der Waals surface area contributed by atoms with Crippen LogP contribution in [0.4, 0.5) is 10.1 Å². The zero-order valence-corrected chi connectivity index (χ0v) is 15.9. The Hall–Kier alpha value is -2.07. The number of anilines is 1. The number of nitrogens with zero attached hydrogens (tertiary/aromatic N) is 2. The van der Waals surface area contributed by atoms with Gasteiger partial charge in [-0.1, -0.05) is 37.6 Å². The van der Waals surface area contributed by atoms with Crippen LogP contribution in [0.3, 0.4) is 0 Å². The lowest BCUT2D eigenvalue weighted by molar-refractivity contribution is -0.134. The van der Waals surface area contributed by atoms with Crippen LogP contribution in [0.15, 0.2) is 48.5 Å². The molecule has 1 heterocycles. The van der Waals surface area contributed by atoms with E-state index >= 15 is 0 Å². The van der Waals surface area contributed by atoms with Crippen LogP contribution in [-0.4, -0.2) is 37.0 Å². The third-order valence-electron chi connectivity index (χ3n) is 4.94. The maximum atomic E-state index is 13.1. The quantitative estimate of drug-likeness (QED) is 0.782. The molecule has 1 atom stereocenters. The highest BCUT2D eigenvalue weighted by atomic mass is 35.5. The van der Waals surface area contributed by atoms with E-state index in [0.717, 1.165) is 24.3 Å². The number of carbonyl (C=O) groups is 1. The van der Waals surface area contributed by atoms with E-state index in [4.69, 9.17) is 11.6 Å². The maximum Gasteiger partial charge on any atom is 0.230 e. The van der Waals surface area contributed by atoms with E-state index < -0.39 is 0 Å². The molecule has 0 aliphatic carbocycles. The van der Waals surface area contributed by atoms with Crippen LogP contribution in [0.5, 0.6) is 0 Å². The Labute approximate surface area is 159 Å². The summed E-state index contributed by atoms with van der Waals surface area (Å²) in [6.45, 7) is 7.00. The molecule has 0 bridgehead atoms. The molecule has 1 aliphatic rings. The minimum Gasteiger partial charge on any atom is -0.368 e. The SMILES string of the molecule is CC(C)[C@@H](C(=O)N1CCN(c2ccc(F)cc2)CC1)c1ccc(Cl)cc1. The van der Waals surface area contributed by atoms with Gasteiger partial charge in [-0.15, -0.1) is 0 Å². The summed E-state index contributed by atoms with van der Waals surface area (Å²) in [7, 11) is 0. The molecule has 0 saturated carbocycles. The average molecular weight is 375 g/mol. The average Bonchev–Trinajstić information content (AvgIpc) is 2.64. The Morgan fingerprint density at radius 3 is 2.08 bits per heavy atom. The van der Waals surface area contributed by atoms with E-state index in [1.54, 1.807) is 12.1 Å². The summed E-state index contributed by atoms with van der Waals surface area (Å²) in [6.07, 6.45) is 0. The Morgan fingerprint density at radius 1 is 0.962 bits per heavy atom. The molecule has 0 radical (unpaired) electrons. The summed E-state index contributed by atoms with van der Waals surface area (Å²) in [4.78, 5) is 17.3. The van der Waals surface area contributed by atoms with Crippen LogP contribution in [0.25, 0.3) is 0 Å². The van der Waals surface area contributed by atoms with Crippen molar-refractivity contribution in [1.29, 1.82) is 0 Å². The fraction of sp³-hybridized carbons (Fsp3) is 0.381. The van der Waals surface area contributed by atoms with Crippen LogP contribution < -0.4 is 4.90 Å². The molecule has 0 N–H and O–H groups in total. The van der Waals surface area contributed by atoms with Crippen molar-refractivity contribution in [3.05, 3.63) is 64.9 Å². The molecule has 3 rings (SSSR count). The second-order valence-corrected chi connectivity index (χ2v) is 7.50. The summed E-state index contributed by atoms with van der Waals surface area (Å²) in [5, 5.41) is 0.677. The van der Waals surface area contributed by atoms with Crippen molar-refractivity contribution in [2.45, 2.75) is 19.8 Å². The van der Waals surface area contributed by atoms with E-state index in [-0.39, 0.29) is 23.6 Å². The molecule has 138 valence electrons. The van der Waals surface area contributed by atoms with Crippen molar-refractivity contribution in [2.24, 2.45) is 5.92 Å². The van der Waals surface area contributed by atoms with Crippen molar-refractivity contribution in [2.75, 3.05) is 31.1 Å². The lowest BCUT2D eigenvalue weighted by Gasteiger charge is -2.38. The second-order valence-electron chi connectivity index (χ2n) is 7.06. The Bertz CT molecular complexity index is 738. The number of hydrogen-bond donors (Lipinski definition) is 0. The number of hydrogen-bond acceptors (Lipinski definition) is 2. The Balaban J connectivity index is 1.68. The number of rotatable bonds is 4. The molecule has 1 amide bonds. The van der Waals surface area contributed by atoms with Crippen LogP contribution in [-0.2, 0) is 4.79 Å². The molecule has 26 heavy (non-hydrogen) atoms. The first kappa shape index (κ1) is 18.7. The Morgan fingerprint density at radius 2 is 1.54 bits per heavy atom. The van der Waals surface area contributed by atoms with Crippen LogP contribution in [0.2, 0.25) is 5.02 Å². The van der Waals surface area contributed by atoms with Gasteiger partial charge in [0.2, 0.25) is 5.91 Å². The molecule has 0 spiro atoms. The number of carbonyl (C=O) groups excluding carboxylic acids is 1. The minimum atomic E-state index is -0.231. The van der Waals surface area contributed by atoms with Crippen LogP contribution in [0, 0.1) is 11.7 Å². The van der Waals surface area contributed by atoms with Gasteiger partial charge in [0.05, 0.1) is 5.92 Å². The molecule has 0 aromatic heterocycles. The molecule has 3 nitrogen and oxygen atoms in total. The van der Waals surface area contributed by atoms with Gasteiger partial charge in [0.1, 0.15) is 5.82 Å². The molecular formula is C21H24ClFN2O. The van der Waals surface area contributed by atoms with E-state index in [9.17, 15) is 9.18 Å². The largest absolute Gasteiger partial charge is 0.368 e. The lowest BCUT2D eigenvalue weighted by Crippen LogP contribution is -2.50. The number of piperazine rings is 1. The number of benzene rings is 2. The smallest absolute Gasteiger partial charge is 0.230 e. The van der Waals surface area contributed by atoms with Crippen molar-refractivity contribution in [3.63, 3.8) is 0 Å². The number of halogens is 2. The standard InChI is InChI=1S/C21H24ClFN2O/c1-15(2)20(16-3-5-17(22)6-4-16)21(26)25-13-11-24(12-14-25)19-9-7-18(23)8-10-19/h3-10,15,20H,11-14H2,1-2H3/t20-/m1/s1. The third kappa shape index (κ3) is 4.18. The van der Waals surface area contributed by atoms with E-state index in [2.05, 4.69) is 18.7 Å². The van der Waals surface area contributed by atoms with E-state index in [1.807, 2.05) is 29.2 Å². The maximum absolute atomic E-state index is 13.1. The first-order chi connectivity index (χ1) is 12.5. The van der Waals surface area contributed by atoms with Gasteiger partial charge in [-0.25, -0.2) is 4.39 Å². The zero-order chi connectivity index (χ0) is 18.7. The molecule has 0 unspecified atom stereocenters. The second kappa shape index (κ2) is 8.09. The highest BCUT2D eigenvalue weighted by Crippen LogP contribution is 2.29. The highest BCUT2D eigenvalue weighted by Gasteiger charge is 2.30. The zero-order valence-electron chi connectivity index (χ0n) is 15.2. The predicted molar refractivity (Wildman–Crippen MR) is 104 cm³/mol. The monoisotopic (exact) mass is 374 g/mol. The highest BCUT2D eigenvalue weighted by molar-refractivity contribution is 6.30. The van der Waals surface area contributed by atoms with Crippen molar-refractivity contribution in [3.8, 4) is 0 Å². The Kier molecular flexibility index (Phi) is 5.82. The molecule has 2 aromatic rings. The van der Waals surface area contributed by atoms with Gasteiger partial charge >= 0.3 is 0 Å². The first-order valence-electron chi connectivity index (χ1n) is 9.00. The minimum absolute atomic E-state index is 0.162. The third-order valence-corrected chi connectivity index (χ3v) is 5.20. The first-order valence-corrected chi connectivity index (χ1v) is 9.38. The van der Waals surface area contributed by atoms with Crippen molar-refractivity contribution < 1.29 is 9.18 Å². The molecule has 1 aliphatic heterocycles. The van der Waals surface area contributed by atoms with Gasteiger partial charge in [0.15, 0.2) is 0 Å². The molecule has 1 fully saturated rings. The summed E-state index contributed by atoms with van der Waals surface area (Å²) in [5.74, 6) is -0.0187. The van der Waals surface area contributed by atoms with Gasteiger partial charge in [-0.05, 0) is 47.9 Å². The van der Waals surface area contributed by atoms with E-state index in [0.29, 0.717) is 18.1 Å². The fourth-order valence-corrected chi connectivity index (χ4v) is 3.64. The van der Waals surface area contributed by atoms with Crippen LogP contribution in [0.1, 0.15) is 25.3 Å². The summed E-state index contributed by atoms with van der Waals surface area (Å²) in [6, 6.07) is 14.1.